The van der Waals surface area contributed by atoms with Gasteiger partial charge in [0.15, 0.2) is 0 Å². The minimum Gasteiger partial charge on any atom is -0.364 e. The van der Waals surface area contributed by atoms with E-state index in [1.165, 1.54) is 22.5 Å². The van der Waals surface area contributed by atoms with Crippen molar-refractivity contribution in [2.24, 2.45) is 0 Å². The minimum atomic E-state index is 0.0683. The lowest BCUT2D eigenvalue weighted by atomic mass is 9.84. The summed E-state index contributed by atoms with van der Waals surface area (Å²) in [5.74, 6) is 0. The van der Waals surface area contributed by atoms with E-state index in [1.54, 1.807) is 0 Å². The lowest BCUT2D eigenvalue weighted by molar-refractivity contribution is 0.495. The van der Waals surface area contributed by atoms with Crippen molar-refractivity contribution in [1.82, 2.24) is 0 Å². The van der Waals surface area contributed by atoms with Crippen LogP contribution in [0.5, 0.6) is 0 Å². The van der Waals surface area contributed by atoms with Crippen molar-refractivity contribution >= 4 is 11.4 Å². The Morgan fingerprint density at radius 2 is 1.68 bits per heavy atom. The standard InChI is InChI=1S/C17H20N2/c1-12-8-4-6-10-14(12)18-16-17(2,3)13-9-5-7-11-15(13)19-16/h4-11,16,18-19H,1-3H3. The molecule has 19 heavy (non-hydrogen) atoms. The van der Waals surface area contributed by atoms with Crippen LogP contribution < -0.4 is 10.6 Å². The van der Waals surface area contributed by atoms with Gasteiger partial charge in [-0.3, -0.25) is 0 Å². The Labute approximate surface area is 114 Å². The minimum absolute atomic E-state index is 0.0683. The normalized spacial score (nSPS) is 19.6. The molecule has 0 spiro atoms. The molecule has 0 radical (unpaired) electrons. The van der Waals surface area contributed by atoms with Crippen LogP contribution >= 0.6 is 0 Å². The lowest BCUT2D eigenvalue weighted by Gasteiger charge is -2.29. The fourth-order valence-electron chi connectivity index (χ4n) is 2.77. The summed E-state index contributed by atoms with van der Waals surface area (Å²) in [6, 6.07) is 17.0. The van der Waals surface area contributed by atoms with E-state index in [2.05, 4.69) is 79.9 Å². The monoisotopic (exact) mass is 252 g/mol. The summed E-state index contributed by atoms with van der Waals surface area (Å²) in [5.41, 5.74) is 5.15. The predicted octanol–water partition coefficient (Wildman–Crippen LogP) is 4.14. The van der Waals surface area contributed by atoms with Gasteiger partial charge in [0.1, 0.15) is 6.17 Å². The molecule has 0 bridgehead atoms. The molecule has 1 unspecified atom stereocenters. The molecule has 2 aromatic rings. The second kappa shape index (κ2) is 4.30. The van der Waals surface area contributed by atoms with Crippen LogP contribution in [0.15, 0.2) is 48.5 Å². The molecular weight excluding hydrogens is 232 g/mol. The molecule has 0 saturated heterocycles. The van der Waals surface area contributed by atoms with Crippen LogP contribution in [0.3, 0.4) is 0 Å². The SMILES string of the molecule is Cc1ccccc1NC1Nc2ccccc2C1(C)C. The number of aryl methyl sites for hydroxylation is 1. The maximum absolute atomic E-state index is 3.64. The van der Waals surface area contributed by atoms with Crippen LogP contribution in [-0.4, -0.2) is 6.17 Å². The third kappa shape index (κ3) is 1.97. The molecule has 1 aliphatic heterocycles. The highest BCUT2D eigenvalue weighted by Gasteiger charge is 2.39. The summed E-state index contributed by atoms with van der Waals surface area (Å²) in [5, 5.41) is 7.22. The number of rotatable bonds is 2. The second-order valence-electron chi connectivity index (χ2n) is 5.80. The van der Waals surface area contributed by atoms with Crippen molar-refractivity contribution in [3.8, 4) is 0 Å². The predicted molar refractivity (Wildman–Crippen MR) is 81.7 cm³/mol. The van der Waals surface area contributed by atoms with Crippen molar-refractivity contribution in [2.75, 3.05) is 10.6 Å². The van der Waals surface area contributed by atoms with E-state index in [1.807, 2.05) is 0 Å². The number of fused-ring (bicyclic) bond motifs is 1. The number of benzene rings is 2. The first-order chi connectivity index (χ1) is 9.09. The van der Waals surface area contributed by atoms with E-state index >= 15 is 0 Å². The summed E-state index contributed by atoms with van der Waals surface area (Å²) in [6.45, 7) is 6.70. The van der Waals surface area contributed by atoms with Crippen molar-refractivity contribution in [1.29, 1.82) is 0 Å². The molecule has 98 valence electrons. The Balaban J connectivity index is 1.91. The molecule has 2 nitrogen and oxygen atoms in total. The molecule has 1 heterocycles. The van der Waals surface area contributed by atoms with Gasteiger partial charge in [-0.15, -0.1) is 0 Å². The maximum atomic E-state index is 3.64. The van der Waals surface area contributed by atoms with E-state index in [0.717, 1.165) is 0 Å². The van der Waals surface area contributed by atoms with Crippen LogP contribution in [0.4, 0.5) is 11.4 Å². The van der Waals surface area contributed by atoms with Crippen molar-refractivity contribution < 1.29 is 0 Å². The van der Waals surface area contributed by atoms with Gasteiger partial charge < -0.3 is 10.6 Å². The molecule has 1 aliphatic rings. The van der Waals surface area contributed by atoms with E-state index < -0.39 is 0 Å². The molecule has 0 aliphatic carbocycles. The van der Waals surface area contributed by atoms with Gasteiger partial charge in [0.25, 0.3) is 0 Å². The van der Waals surface area contributed by atoms with E-state index in [-0.39, 0.29) is 11.6 Å². The zero-order chi connectivity index (χ0) is 13.5. The number of hydrogen-bond donors (Lipinski definition) is 2. The maximum Gasteiger partial charge on any atom is 0.106 e. The van der Waals surface area contributed by atoms with Gasteiger partial charge >= 0.3 is 0 Å². The van der Waals surface area contributed by atoms with Gasteiger partial charge in [0.2, 0.25) is 0 Å². The molecule has 1 atom stereocenters. The fourth-order valence-corrected chi connectivity index (χ4v) is 2.77. The first kappa shape index (κ1) is 12.1. The first-order valence-electron chi connectivity index (χ1n) is 6.77. The van der Waals surface area contributed by atoms with Gasteiger partial charge in [0, 0.05) is 16.8 Å². The van der Waals surface area contributed by atoms with Gasteiger partial charge in [-0.05, 0) is 30.2 Å². The van der Waals surface area contributed by atoms with E-state index in [4.69, 9.17) is 0 Å². The summed E-state index contributed by atoms with van der Waals surface area (Å²) < 4.78 is 0. The third-order valence-electron chi connectivity index (χ3n) is 4.09. The Kier molecular flexibility index (Phi) is 2.74. The van der Waals surface area contributed by atoms with Gasteiger partial charge in [0.05, 0.1) is 0 Å². The molecule has 0 fully saturated rings. The van der Waals surface area contributed by atoms with Crippen LogP contribution in [0.1, 0.15) is 25.0 Å². The number of nitrogens with one attached hydrogen (secondary N) is 2. The highest BCUT2D eigenvalue weighted by atomic mass is 15.2. The highest BCUT2D eigenvalue weighted by Crippen LogP contribution is 2.40. The summed E-state index contributed by atoms with van der Waals surface area (Å²) in [6.07, 6.45) is 0.214. The number of hydrogen-bond acceptors (Lipinski definition) is 2. The fraction of sp³-hybridized carbons (Fsp3) is 0.294. The molecule has 0 aromatic heterocycles. The molecule has 0 amide bonds. The molecule has 3 rings (SSSR count). The lowest BCUT2D eigenvalue weighted by Crippen LogP contribution is -2.40. The van der Waals surface area contributed by atoms with Crippen molar-refractivity contribution in [3.05, 3.63) is 59.7 Å². The Hall–Kier alpha value is -1.96. The smallest absolute Gasteiger partial charge is 0.106 e. The van der Waals surface area contributed by atoms with Crippen LogP contribution in [0.25, 0.3) is 0 Å². The molecule has 2 heteroatoms. The van der Waals surface area contributed by atoms with Gasteiger partial charge in [-0.25, -0.2) is 0 Å². The average molecular weight is 252 g/mol. The first-order valence-corrected chi connectivity index (χ1v) is 6.77. The van der Waals surface area contributed by atoms with Crippen molar-refractivity contribution in [3.63, 3.8) is 0 Å². The quantitative estimate of drug-likeness (QED) is 0.839. The summed E-state index contributed by atoms with van der Waals surface area (Å²) >= 11 is 0. The molecule has 2 aromatic carbocycles. The summed E-state index contributed by atoms with van der Waals surface area (Å²) in [7, 11) is 0. The largest absolute Gasteiger partial charge is 0.364 e. The number of para-hydroxylation sites is 2. The summed E-state index contributed by atoms with van der Waals surface area (Å²) in [4.78, 5) is 0. The second-order valence-corrected chi connectivity index (χ2v) is 5.80. The Bertz CT molecular complexity index is 602. The zero-order valence-electron chi connectivity index (χ0n) is 11.7. The van der Waals surface area contributed by atoms with Gasteiger partial charge in [-0.1, -0.05) is 50.2 Å². The van der Waals surface area contributed by atoms with Crippen LogP contribution in [0.2, 0.25) is 0 Å². The molecule has 2 N–H and O–H groups in total. The Morgan fingerprint density at radius 3 is 2.42 bits per heavy atom. The highest BCUT2D eigenvalue weighted by molar-refractivity contribution is 5.64. The Morgan fingerprint density at radius 1 is 1.00 bits per heavy atom. The number of anilines is 2. The van der Waals surface area contributed by atoms with Crippen LogP contribution in [0, 0.1) is 6.92 Å². The van der Waals surface area contributed by atoms with Crippen LogP contribution in [-0.2, 0) is 5.41 Å². The molecular formula is C17H20N2. The third-order valence-corrected chi connectivity index (χ3v) is 4.09. The topological polar surface area (TPSA) is 24.1 Å². The average Bonchev–Trinajstić information content (AvgIpc) is 2.65. The van der Waals surface area contributed by atoms with Gasteiger partial charge in [-0.2, -0.15) is 0 Å². The molecule has 0 saturated carbocycles. The zero-order valence-corrected chi connectivity index (χ0v) is 11.7. The van der Waals surface area contributed by atoms with E-state index in [9.17, 15) is 0 Å². The van der Waals surface area contributed by atoms with Crippen molar-refractivity contribution in [2.45, 2.75) is 32.4 Å². The van der Waals surface area contributed by atoms with E-state index in [0.29, 0.717) is 0 Å².